The number of rotatable bonds is 0. The van der Waals surface area contributed by atoms with E-state index in [0.717, 1.165) is 19.8 Å². The molecule has 0 spiro atoms. The molecular weight excluding hydrogens is 319 g/mol. The van der Waals surface area contributed by atoms with E-state index in [1.807, 2.05) is 6.07 Å². The first-order valence-corrected chi connectivity index (χ1v) is 5.40. The highest BCUT2D eigenvalue weighted by molar-refractivity contribution is 9.11. The molecule has 0 aromatic carbocycles. The van der Waals surface area contributed by atoms with Crippen LogP contribution < -0.4 is 0 Å². The van der Waals surface area contributed by atoms with Gasteiger partial charge in [-0.1, -0.05) is 11.6 Å². The zero-order chi connectivity index (χ0) is 9.42. The standard InChI is InChI=1S/C8H3Br2ClN2/c9-4-1-5-7(12-2-4)6(10)3-13-8(5)11/h1-3H. The van der Waals surface area contributed by atoms with Crippen molar-refractivity contribution >= 4 is 54.4 Å². The third kappa shape index (κ3) is 1.71. The van der Waals surface area contributed by atoms with Crippen LogP contribution in [0.15, 0.2) is 27.4 Å². The fourth-order valence-corrected chi connectivity index (χ4v) is 1.97. The minimum atomic E-state index is 0.465. The van der Waals surface area contributed by atoms with Gasteiger partial charge in [0.1, 0.15) is 5.15 Å². The Bertz CT molecular complexity index is 473. The van der Waals surface area contributed by atoms with Crippen molar-refractivity contribution < 1.29 is 0 Å². The summed E-state index contributed by atoms with van der Waals surface area (Å²) in [5.74, 6) is 0. The molecule has 5 heteroatoms. The summed E-state index contributed by atoms with van der Waals surface area (Å²) >= 11 is 12.6. The molecule has 0 aliphatic rings. The summed E-state index contributed by atoms with van der Waals surface area (Å²) in [5.41, 5.74) is 0.822. The van der Waals surface area contributed by atoms with E-state index < -0.39 is 0 Å². The van der Waals surface area contributed by atoms with Crippen LogP contribution in [0, 0.1) is 0 Å². The quantitative estimate of drug-likeness (QED) is 0.689. The van der Waals surface area contributed by atoms with Crippen molar-refractivity contribution in [3.05, 3.63) is 32.6 Å². The Balaban J connectivity index is 2.92. The summed E-state index contributed by atoms with van der Waals surface area (Å²) in [4.78, 5) is 8.23. The van der Waals surface area contributed by atoms with E-state index in [-0.39, 0.29) is 0 Å². The van der Waals surface area contributed by atoms with Gasteiger partial charge in [-0.2, -0.15) is 0 Å². The molecule has 0 aliphatic carbocycles. The molecule has 2 aromatic heterocycles. The van der Waals surface area contributed by atoms with Crippen molar-refractivity contribution in [1.82, 2.24) is 9.97 Å². The second-order valence-corrected chi connectivity index (χ2v) is 4.57. The van der Waals surface area contributed by atoms with Gasteiger partial charge in [0.2, 0.25) is 0 Å². The Morgan fingerprint density at radius 3 is 2.69 bits per heavy atom. The topological polar surface area (TPSA) is 25.8 Å². The van der Waals surface area contributed by atoms with Gasteiger partial charge in [0.15, 0.2) is 0 Å². The SMILES string of the molecule is Clc1ncc(Br)c2ncc(Br)cc12. The number of hydrogen-bond donors (Lipinski definition) is 0. The van der Waals surface area contributed by atoms with Gasteiger partial charge in [0.05, 0.1) is 9.99 Å². The molecule has 2 heterocycles. The molecule has 0 aliphatic heterocycles. The molecule has 0 fully saturated rings. The smallest absolute Gasteiger partial charge is 0.138 e. The molecular formula is C8H3Br2ClN2. The molecule has 0 atom stereocenters. The van der Waals surface area contributed by atoms with Gasteiger partial charge < -0.3 is 0 Å². The van der Waals surface area contributed by atoms with Crippen LogP contribution in [0.4, 0.5) is 0 Å². The number of aromatic nitrogens is 2. The van der Waals surface area contributed by atoms with Crippen LogP contribution in [-0.2, 0) is 0 Å². The lowest BCUT2D eigenvalue weighted by atomic mass is 10.3. The monoisotopic (exact) mass is 320 g/mol. The lowest BCUT2D eigenvalue weighted by Crippen LogP contribution is -1.84. The molecule has 2 rings (SSSR count). The zero-order valence-electron chi connectivity index (χ0n) is 6.26. The third-order valence-corrected chi connectivity index (χ3v) is 2.91. The van der Waals surface area contributed by atoms with Crippen LogP contribution in [0.5, 0.6) is 0 Å². The van der Waals surface area contributed by atoms with E-state index >= 15 is 0 Å². The molecule has 0 unspecified atom stereocenters. The van der Waals surface area contributed by atoms with Crippen molar-refractivity contribution in [2.24, 2.45) is 0 Å². The normalized spacial score (nSPS) is 10.7. The molecule has 2 aromatic rings. The minimum absolute atomic E-state index is 0.465. The summed E-state index contributed by atoms with van der Waals surface area (Å²) in [5, 5.41) is 1.30. The molecule has 0 amide bonds. The lowest BCUT2D eigenvalue weighted by Gasteiger charge is -2.01. The third-order valence-electron chi connectivity index (χ3n) is 1.59. The molecule has 0 saturated heterocycles. The van der Waals surface area contributed by atoms with Crippen molar-refractivity contribution in [1.29, 1.82) is 0 Å². The van der Waals surface area contributed by atoms with Crippen molar-refractivity contribution in [3.63, 3.8) is 0 Å². The van der Waals surface area contributed by atoms with Crippen molar-refractivity contribution in [2.75, 3.05) is 0 Å². The summed E-state index contributed by atoms with van der Waals surface area (Å²) in [6.45, 7) is 0. The van der Waals surface area contributed by atoms with E-state index in [9.17, 15) is 0 Å². The highest BCUT2D eigenvalue weighted by Gasteiger charge is 2.05. The van der Waals surface area contributed by atoms with Gasteiger partial charge in [0, 0.05) is 22.3 Å². The van der Waals surface area contributed by atoms with E-state index in [1.54, 1.807) is 12.4 Å². The fourth-order valence-electron chi connectivity index (χ4n) is 1.03. The zero-order valence-corrected chi connectivity index (χ0v) is 10.2. The van der Waals surface area contributed by atoms with Crippen LogP contribution in [-0.4, -0.2) is 9.97 Å². The summed E-state index contributed by atoms with van der Waals surface area (Å²) < 4.78 is 1.74. The molecule has 0 N–H and O–H groups in total. The second-order valence-electron chi connectivity index (χ2n) is 2.45. The van der Waals surface area contributed by atoms with E-state index in [4.69, 9.17) is 11.6 Å². The number of halogens is 3. The maximum absolute atomic E-state index is 5.91. The van der Waals surface area contributed by atoms with E-state index in [1.165, 1.54) is 0 Å². The van der Waals surface area contributed by atoms with Crippen LogP contribution >= 0.6 is 43.5 Å². The van der Waals surface area contributed by atoms with Gasteiger partial charge in [-0.15, -0.1) is 0 Å². The molecule has 0 bridgehead atoms. The van der Waals surface area contributed by atoms with Gasteiger partial charge in [-0.3, -0.25) is 4.98 Å². The first-order valence-electron chi connectivity index (χ1n) is 3.44. The van der Waals surface area contributed by atoms with E-state index in [2.05, 4.69) is 41.8 Å². The number of fused-ring (bicyclic) bond motifs is 1. The number of hydrogen-bond acceptors (Lipinski definition) is 2. The second kappa shape index (κ2) is 3.52. The maximum Gasteiger partial charge on any atom is 0.138 e. The molecule has 2 nitrogen and oxygen atoms in total. The Hall–Kier alpha value is -0.190. The minimum Gasteiger partial charge on any atom is -0.254 e. The van der Waals surface area contributed by atoms with Gasteiger partial charge >= 0.3 is 0 Å². The Morgan fingerprint density at radius 1 is 1.15 bits per heavy atom. The molecule has 0 saturated carbocycles. The predicted octanol–water partition coefficient (Wildman–Crippen LogP) is 3.81. The van der Waals surface area contributed by atoms with E-state index in [0.29, 0.717) is 5.15 Å². The first kappa shape index (κ1) is 9.37. The van der Waals surface area contributed by atoms with Gasteiger partial charge in [0.25, 0.3) is 0 Å². The van der Waals surface area contributed by atoms with Crippen LogP contribution in [0.2, 0.25) is 5.15 Å². The predicted molar refractivity (Wildman–Crippen MR) is 59.9 cm³/mol. The molecule has 0 radical (unpaired) electrons. The van der Waals surface area contributed by atoms with Gasteiger partial charge in [-0.25, -0.2) is 4.98 Å². The average molecular weight is 322 g/mol. The number of nitrogens with zero attached hydrogens (tertiary/aromatic N) is 2. The Labute approximate surface area is 96.6 Å². The summed E-state index contributed by atoms with van der Waals surface area (Å²) in [6, 6.07) is 1.89. The van der Waals surface area contributed by atoms with Gasteiger partial charge in [-0.05, 0) is 37.9 Å². The fraction of sp³-hybridized carbons (Fsp3) is 0. The lowest BCUT2D eigenvalue weighted by molar-refractivity contribution is 1.30. The Kier molecular flexibility index (Phi) is 2.53. The summed E-state index contributed by atoms with van der Waals surface area (Å²) in [6.07, 6.45) is 3.37. The highest BCUT2D eigenvalue weighted by Crippen LogP contribution is 2.27. The largest absolute Gasteiger partial charge is 0.254 e. The first-order chi connectivity index (χ1) is 6.18. The van der Waals surface area contributed by atoms with Crippen LogP contribution in [0.1, 0.15) is 0 Å². The summed E-state index contributed by atoms with van der Waals surface area (Å²) in [7, 11) is 0. The van der Waals surface area contributed by atoms with Crippen LogP contribution in [0.3, 0.4) is 0 Å². The van der Waals surface area contributed by atoms with Crippen molar-refractivity contribution in [2.45, 2.75) is 0 Å². The maximum atomic E-state index is 5.91. The Morgan fingerprint density at radius 2 is 1.92 bits per heavy atom. The van der Waals surface area contributed by atoms with Crippen LogP contribution in [0.25, 0.3) is 10.9 Å². The molecule has 13 heavy (non-hydrogen) atoms. The molecule has 66 valence electrons. The van der Waals surface area contributed by atoms with Crippen molar-refractivity contribution in [3.8, 4) is 0 Å². The average Bonchev–Trinajstić information content (AvgIpc) is 2.12. The highest BCUT2D eigenvalue weighted by atomic mass is 79.9. The number of pyridine rings is 2.